The van der Waals surface area contributed by atoms with E-state index >= 15 is 0 Å². The summed E-state index contributed by atoms with van der Waals surface area (Å²) >= 11 is 0. The van der Waals surface area contributed by atoms with Crippen molar-refractivity contribution in [3.63, 3.8) is 0 Å². The molecule has 0 amide bonds. The van der Waals surface area contributed by atoms with E-state index in [4.69, 9.17) is 10.4 Å². The maximum Gasteiger partial charge on any atom is 0.352 e. The van der Waals surface area contributed by atoms with Crippen LogP contribution >= 0.6 is 0 Å². The topological polar surface area (TPSA) is 73.1 Å². The van der Waals surface area contributed by atoms with Gasteiger partial charge >= 0.3 is 5.97 Å². The second-order valence-corrected chi connectivity index (χ2v) is 1.67. The molecule has 10 heavy (non-hydrogen) atoms. The number of likely N-dealkylation sites (N-methyl/N-ethyl adjacent to an activating group) is 1. The number of carboxylic acid groups (broad SMARTS) is 1. The second-order valence-electron chi connectivity index (χ2n) is 1.67. The van der Waals surface area contributed by atoms with Crippen molar-refractivity contribution < 1.29 is 9.90 Å². The van der Waals surface area contributed by atoms with Gasteiger partial charge in [0.15, 0.2) is 0 Å². The number of hydrogen-bond donors (Lipinski definition) is 2. The van der Waals surface area contributed by atoms with Crippen molar-refractivity contribution in [2.45, 2.75) is 6.92 Å². The Balaban J connectivity index is 4.68. The van der Waals surface area contributed by atoms with Crippen molar-refractivity contribution in [2.75, 3.05) is 7.05 Å². The molecular weight excluding hydrogens is 132 g/mol. The van der Waals surface area contributed by atoms with E-state index < -0.39 is 5.97 Å². The Bertz CT molecular complexity index is 212. The van der Waals surface area contributed by atoms with Crippen LogP contribution in [-0.4, -0.2) is 18.1 Å². The molecule has 0 aromatic carbocycles. The first-order valence-corrected chi connectivity index (χ1v) is 2.65. The van der Waals surface area contributed by atoms with Crippen molar-refractivity contribution in [2.24, 2.45) is 0 Å². The summed E-state index contributed by atoms with van der Waals surface area (Å²) in [5.74, 6) is -1.11. The van der Waals surface area contributed by atoms with Crippen molar-refractivity contribution >= 4 is 5.97 Å². The number of rotatable bonds is 2. The maximum absolute atomic E-state index is 10.3. The molecule has 0 radical (unpaired) electrons. The number of nitrogens with zero attached hydrogens (tertiary/aromatic N) is 1. The first-order valence-electron chi connectivity index (χ1n) is 2.65. The van der Waals surface area contributed by atoms with Gasteiger partial charge in [0, 0.05) is 7.05 Å². The lowest BCUT2D eigenvalue weighted by atomic mass is 10.2. The van der Waals surface area contributed by atoms with E-state index in [1.165, 1.54) is 14.0 Å². The van der Waals surface area contributed by atoms with Crippen LogP contribution in [0.15, 0.2) is 11.3 Å². The van der Waals surface area contributed by atoms with Gasteiger partial charge in [-0.25, -0.2) is 4.79 Å². The van der Waals surface area contributed by atoms with Gasteiger partial charge in [-0.05, 0) is 6.92 Å². The summed E-state index contributed by atoms with van der Waals surface area (Å²) in [7, 11) is 1.46. The van der Waals surface area contributed by atoms with E-state index in [2.05, 4.69) is 5.32 Å². The smallest absolute Gasteiger partial charge is 0.352 e. The molecule has 0 aliphatic rings. The monoisotopic (exact) mass is 140 g/mol. The molecule has 0 aliphatic carbocycles. The Hall–Kier alpha value is -1.50. The Morgan fingerprint density at radius 1 is 1.70 bits per heavy atom. The molecule has 0 spiro atoms. The van der Waals surface area contributed by atoms with Gasteiger partial charge in [-0.1, -0.05) is 0 Å². The molecule has 4 nitrogen and oxygen atoms in total. The molecule has 0 rings (SSSR count). The fraction of sp³-hybridized carbons (Fsp3) is 0.333. The third-order valence-electron chi connectivity index (χ3n) is 1.01. The van der Waals surface area contributed by atoms with Crippen LogP contribution in [0.2, 0.25) is 0 Å². The average molecular weight is 140 g/mol. The summed E-state index contributed by atoms with van der Waals surface area (Å²) in [6.07, 6.45) is 0. The highest BCUT2D eigenvalue weighted by Crippen LogP contribution is 1.97. The molecule has 0 unspecified atom stereocenters. The highest BCUT2D eigenvalue weighted by Gasteiger charge is 2.07. The van der Waals surface area contributed by atoms with E-state index in [1.807, 2.05) is 0 Å². The van der Waals surface area contributed by atoms with Crippen LogP contribution < -0.4 is 5.32 Å². The van der Waals surface area contributed by atoms with Crippen LogP contribution in [0.5, 0.6) is 0 Å². The minimum absolute atomic E-state index is 0.0532. The molecule has 0 saturated heterocycles. The first-order chi connectivity index (χ1) is 4.63. The van der Waals surface area contributed by atoms with E-state index in [0.29, 0.717) is 0 Å². The Kier molecular flexibility index (Phi) is 2.98. The molecule has 2 N–H and O–H groups in total. The summed E-state index contributed by atoms with van der Waals surface area (Å²) in [6.45, 7) is 1.44. The number of allylic oxidation sites excluding steroid dienone is 1. The zero-order valence-electron chi connectivity index (χ0n) is 5.80. The summed E-state index contributed by atoms with van der Waals surface area (Å²) in [6, 6.07) is 1.73. The summed E-state index contributed by atoms with van der Waals surface area (Å²) < 4.78 is 0. The highest BCUT2D eigenvalue weighted by atomic mass is 16.4. The minimum Gasteiger partial charge on any atom is -0.477 e. The molecule has 0 aromatic rings. The third kappa shape index (κ3) is 1.78. The molecule has 54 valence electrons. The molecule has 0 aromatic heterocycles. The lowest BCUT2D eigenvalue weighted by Gasteiger charge is -1.99. The van der Waals surface area contributed by atoms with Gasteiger partial charge in [0.25, 0.3) is 0 Å². The van der Waals surface area contributed by atoms with Crippen molar-refractivity contribution in [1.82, 2.24) is 5.32 Å². The number of aliphatic carboxylic acids is 1. The quantitative estimate of drug-likeness (QED) is 0.421. The standard InChI is InChI=1S/C6H8N2O2/c1-4(3-7)5(8-2)6(9)10/h8H,1-2H3,(H,9,10)/b5-4+. The highest BCUT2D eigenvalue weighted by molar-refractivity contribution is 5.87. The third-order valence-corrected chi connectivity index (χ3v) is 1.01. The van der Waals surface area contributed by atoms with Gasteiger partial charge in [-0.2, -0.15) is 5.26 Å². The largest absolute Gasteiger partial charge is 0.477 e. The summed E-state index contributed by atoms with van der Waals surface area (Å²) in [4.78, 5) is 10.3. The van der Waals surface area contributed by atoms with E-state index in [-0.39, 0.29) is 11.3 Å². The van der Waals surface area contributed by atoms with Crippen LogP contribution in [0, 0.1) is 11.3 Å². The Morgan fingerprint density at radius 2 is 2.20 bits per heavy atom. The number of carboxylic acids is 1. The molecule has 0 fully saturated rings. The Labute approximate surface area is 58.8 Å². The lowest BCUT2D eigenvalue weighted by Crippen LogP contribution is -2.16. The van der Waals surface area contributed by atoms with Crippen molar-refractivity contribution in [1.29, 1.82) is 5.26 Å². The molecule has 0 heterocycles. The van der Waals surface area contributed by atoms with Crippen molar-refractivity contribution in [3.05, 3.63) is 11.3 Å². The Morgan fingerprint density at radius 3 is 2.30 bits per heavy atom. The zero-order chi connectivity index (χ0) is 8.15. The van der Waals surface area contributed by atoms with E-state index in [1.54, 1.807) is 6.07 Å². The fourth-order valence-electron chi connectivity index (χ4n) is 0.511. The molecular formula is C6H8N2O2. The molecule has 0 aliphatic heterocycles. The van der Waals surface area contributed by atoms with Crippen LogP contribution in [0.3, 0.4) is 0 Å². The molecule has 4 heteroatoms. The summed E-state index contributed by atoms with van der Waals surface area (Å²) in [5.41, 5.74) is 0.123. The zero-order valence-corrected chi connectivity index (χ0v) is 5.80. The molecule has 0 bridgehead atoms. The number of nitriles is 1. The van der Waals surface area contributed by atoms with Crippen molar-refractivity contribution in [3.8, 4) is 6.07 Å². The average Bonchev–Trinajstić information content (AvgIpc) is 1.88. The lowest BCUT2D eigenvalue weighted by molar-refractivity contribution is -0.133. The number of carbonyl (C=O) groups is 1. The fourth-order valence-corrected chi connectivity index (χ4v) is 0.511. The predicted octanol–water partition coefficient (Wildman–Crippen LogP) is 0.0880. The van der Waals surface area contributed by atoms with E-state index in [9.17, 15) is 4.79 Å². The molecule has 0 atom stereocenters. The number of nitrogens with one attached hydrogen (secondary N) is 1. The van der Waals surface area contributed by atoms with Crippen LogP contribution in [0.25, 0.3) is 0 Å². The van der Waals surface area contributed by atoms with Gasteiger partial charge in [-0.15, -0.1) is 0 Å². The SMILES string of the molecule is CN/C(C(=O)O)=C(\C)C#N. The minimum atomic E-state index is -1.11. The van der Waals surface area contributed by atoms with Gasteiger partial charge in [-0.3, -0.25) is 0 Å². The van der Waals surface area contributed by atoms with Gasteiger partial charge < -0.3 is 10.4 Å². The normalized spacial score (nSPS) is 11.3. The van der Waals surface area contributed by atoms with Gasteiger partial charge in [0.05, 0.1) is 11.6 Å². The second kappa shape index (κ2) is 3.51. The summed E-state index contributed by atoms with van der Waals surface area (Å²) in [5, 5.41) is 19.1. The number of hydrogen-bond acceptors (Lipinski definition) is 3. The van der Waals surface area contributed by atoms with Crippen LogP contribution in [0.1, 0.15) is 6.92 Å². The van der Waals surface area contributed by atoms with E-state index in [0.717, 1.165) is 0 Å². The van der Waals surface area contributed by atoms with Gasteiger partial charge in [0.2, 0.25) is 0 Å². The maximum atomic E-state index is 10.3. The van der Waals surface area contributed by atoms with Gasteiger partial charge in [0.1, 0.15) is 5.70 Å². The predicted molar refractivity (Wildman–Crippen MR) is 35.0 cm³/mol. The van der Waals surface area contributed by atoms with Crippen LogP contribution in [0.4, 0.5) is 0 Å². The van der Waals surface area contributed by atoms with Crippen LogP contribution in [-0.2, 0) is 4.79 Å². The molecule has 0 saturated carbocycles. The first kappa shape index (κ1) is 8.50.